The van der Waals surface area contributed by atoms with E-state index < -0.39 is 0 Å². The van der Waals surface area contributed by atoms with Gasteiger partial charge in [-0.1, -0.05) is 26.0 Å². The summed E-state index contributed by atoms with van der Waals surface area (Å²) in [6.45, 7) is 4.61. The Bertz CT molecular complexity index is 1060. The van der Waals surface area contributed by atoms with Gasteiger partial charge in [0.2, 0.25) is 0 Å². The molecule has 4 nitrogen and oxygen atoms in total. The molecule has 164 valence electrons. The molecule has 3 saturated carbocycles. The van der Waals surface area contributed by atoms with Crippen molar-refractivity contribution >= 4 is 17.1 Å². The Morgan fingerprint density at radius 2 is 1.97 bits per heavy atom. The Kier molecular flexibility index (Phi) is 4.27. The molecule has 1 aromatic heterocycles. The van der Waals surface area contributed by atoms with E-state index in [1.807, 2.05) is 12.1 Å². The lowest BCUT2D eigenvalue weighted by Gasteiger charge is -2.60. The highest BCUT2D eigenvalue weighted by Gasteiger charge is 2.62. The number of aliphatic hydroxyl groups excluding tert-OH is 1. The quantitative estimate of drug-likeness (QED) is 0.633. The summed E-state index contributed by atoms with van der Waals surface area (Å²) in [6.07, 6.45) is 6.32. The fourth-order valence-corrected chi connectivity index (χ4v) is 9.47. The molecule has 5 heteroatoms. The summed E-state index contributed by atoms with van der Waals surface area (Å²) in [5, 5.41) is 22.3. The molecule has 0 amide bonds. The minimum Gasteiger partial charge on any atom is -0.508 e. The molecule has 1 aromatic carbocycles. The zero-order valence-electron chi connectivity index (χ0n) is 18.3. The lowest BCUT2D eigenvalue weighted by molar-refractivity contribution is -0.142. The molecule has 31 heavy (non-hydrogen) atoms. The first-order valence-corrected chi connectivity index (χ1v) is 12.6. The van der Waals surface area contributed by atoms with Crippen molar-refractivity contribution in [3.63, 3.8) is 0 Å². The summed E-state index contributed by atoms with van der Waals surface area (Å²) in [6, 6.07) is 7.31. The predicted molar refractivity (Wildman–Crippen MR) is 121 cm³/mol. The van der Waals surface area contributed by atoms with E-state index in [1.165, 1.54) is 4.88 Å². The number of aromatic hydroxyl groups is 1. The van der Waals surface area contributed by atoms with Crippen LogP contribution in [-0.4, -0.2) is 27.1 Å². The van der Waals surface area contributed by atoms with E-state index in [2.05, 4.69) is 13.8 Å². The minimum atomic E-state index is -0.374. The van der Waals surface area contributed by atoms with Crippen molar-refractivity contribution in [2.45, 2.75) is 70.8 Å². The third kappa shape index (κ3) is 2.69. The van der Waals surface area contributed by atoms with Gasteiger partial charge in [0, 0.05) is 28.2 Å². The SMILES string of the molecule is C[C@]12CCc3nc(-c4cccc(O)c4)sc3[C@@H]1[C@@H](O)C[C@@H]1[C@@H]2CC[C@]2(C)C(=O)CC[C@@H]12. The van der Waals surface area contributed by atoms with Gasteiger partial charge in [0.1, 0.15) is 16.5 Å². The van der Waals surface area contributed by atoms with Gasteiger partial charge in [-0.25, -0.2) is 4.98 Å². The second-order valence-electron chi connectivity index (χ2n) is 11.0. The van der Waals surface area contributed by atoms with Crippen molar-refractivity contribution in [3.8, 4) is 16.3 Å². The van der Waals surface area contributed by atoms with Crippen LogP contribution < -0.4 is 0 Å². The van der Waals surface area contributed by atoms with Gasteiger partial charge in [-0.2, -0.15) is 0 Å². The second kappa shape index (κ2) is 6.64. The third-order valence-electron chi connectivity index (χ3n) is 9.61. The molecule has 3 fully saturated rings. The van der Waals surface area contributed by atoms with Crippen molar-refractivity contribution < 1.29 is 15.0 Å². The molecule has 2 aromatic rings. The van der Waals surface area contributed by atoms with Crippen LogP contribution >= 0.6 is 11.3 Å². The largest absolute Gasteiger partial charge is 0.508 e. The summed E-state index contributed by atoms with van der Waals surface area (Å²) in [4.78, 5) is 18.9. The fraction of sp³-hybridized carbons (Fsp3) is 0.615. The first kappa shape index (κ1) is 19.9. The standard InChI is InChI=1S/C26H31NO3S/c1-25-10-8-18-16(17(25)6-7-21(25)30)13-20(29)22-23-19(9-11-26(18,22)2)27-24(31-23)14-4-3-5-15(28)12-14/h3-5,12,16-18,20,22,28-29H,6-11,13H2,1-2H3/t16-,17-,18-,20-,22-,25-,26+/m0/s1. The number of rotatable bonds is 1. The van der Waals surface area contributed by atoms with Gasteiger partial charge < -0.3 is 10.2 Å². The van der Waals surface area contributed by atoms with Crippen LogP contribution in [0.2, 0.25) is 0 Å². The number of carbonyl (C=O) groups is 1. The van der Waals surface area contributed by atoms with E-state index in [4.69, 9.17) is 4.98 Å². The first-order chi connectivity index (χ1) is 14.8. The number of fused-ring (bicyclic) bond motifs is 7. The molecule has 0 aliphatic heterocycles. The van der Waals surface area contributed by atoms with Gasteiger partial charge in [0.15, 0.2) is 0 Å². The molecule has 0 saturated heterocycles. The molecular formula is C26H31NO3S. The fourth-order valence-electron chi connectivity index (χ4n) is 8.04. The van der Waals surface area contributed by atoms with Crippen LogP contribution in [0.15, 0.2) is 24.3 Å². The van der Waals surface area contributed by atoms with Crippen molar-refractivity contribution in [2.75, 3.05) is 0 Å². The number of thiazole rings is 1. The smallest absolute Gasteiger partial charge is 0.139 e. The highest BCUT2D eigenvalue weighted by atomic mass is 32.1. The number of nitrogens with zero attached hydrogens (tertiary/aromatic N) is 1. The Morgan fingerprint density at radius 1 is 1.13 bits per heavy atom. The Labute approximate surface area is 187 Å². The second-order valence-corrected chi connectivity index (χ2v) is 12.0. The molecule has 0 radical (unpaired) electrons. The number of phenolic OH excluding ortho intramolecular Hbond substituents is 1. The zero-order valence-corrected chi connectivity index (χ0v) is 19.1. The molecule has 0 bridgehead atoms. The van der Waals surface area contributed by atoms with Crippen LogP contribution in [0.1, 0.15) is 68.9 Å². The van der Waals surface area contributed by atoms with Gasteiger partial charge in [0.25, 0.3) is 0 Å². The summed E-state index contributed by atoms with van der Waals surface area (Å²) in [5.41, 5.74) is 1.99. The van der Waals surface area contributed by atoms with E-state index in [0.29, 0.717) is 23.5 Å². The predicted octanol–water partition coefficient (Wildman–Crippen LogP) is 5.33. The molecule has 7 atom stereocenters. The van der Waals surface area contributed by atoms with Crippen molar-refractivity contribution in [2.24, 2.45) is 28.6 Å². The van der Waals surface area contributed by atoms with E-state index in [-0.39, 0.29) is 28.6 Å². The lowest BCUT2D eigenvalue weighted by atomic mass is 9.45. The van der Waals surface area contributed by atoms with Gasteiger partial charge in [0.05, 0.1) is 11.8 Å². The molecular weight excluding hydrogens is 406 g/mol. The normalized spacial score (nSPS) is 41.3. The van der Waals surface area contributed by atoms with Gasteiger partial charge in [-0.05, 0) is 73.8 Å². The monoisotopic (exact) mass is 437 g/mol. The Balaban J connectivity index is 1.38. The van der Waals surface area contributed by atoms with Gasteiger partial charge in [-0.3, -0.25) is 4.79 Å². The summed E-state index contributed by atoms with van der Waals surface area (Å²) in [5.74, 6) is 2.32. The molecule has 4 aliphatic rings. The van der Waals surface area contributed by atoms with Crippen LogP contribution in [0, 0.1) is 28.6 Å². The number of aromatic nitrogens is 1. The molecule has 0 spiro atoms. The number of hydrogen-bond acceptors (Lipinski definition) is 5. The number of Topliss-reactive ketones (excluding diaryl/α,β-unsaturated/α-hetero) is 1. The van der Waals surface area contributed by atoms with Gasteiger partial charge in [-0.15, -0.1) is 11.3 Å². The Hall–Kier alpha value is -1.72. The number of aryl methyl sites for hydroxylation is 1. The molecule has 1 heterocycles. The highest BCUT2D eigenvalue weighted by Crippen LogP contribution is 2.67. The summed E-state index contributed by atoms with van der Waals surface area (Å²) >= 11 is 1.71. The number of phenols is 1. The zero-order chi connectivity index (χ0) is 21.5. The number of ketones is 1. The Morgan fingerprint density at radius 3 is 2.77 bits per heavy atom. The first-order valence-electron chi connectivity index (χ1n) is 11.8. The van der Waals surface area contributed by atoms with E-state index in [0.717, 1.165) is 61.2 Å². The van der Waals surface area contributed by atoms with Crippen LogP contribution in [0.25, 0.3) is 10.6 Å². The number of hydrogen-bond donors (Lipinski definition) is 2. The molecule has 6 rings (SSSR count). The van der Waals surface area contributed by atoms with Gasteiger partial charge >= 0.3 is 0 Å². The molecule has 4 aliphatic carbocycles. The van der Waals surface area contributed by atoms with Crippen LogP contribution in [0.3, 0.4) is 0 Å². The summed E-state index contributed by atoms with van der Waals surface area (Å²) < 4.78 is 0. The van der Waals surface area contributed by atoms with E-state index >= 15 is 0 Å². The number of aliphatic hydroxyl groups is 1. The van der Waals surface area contributed by atoms with Crippen LogP contribution in [0.5, 0.6) is 5.75 Å². The maximum Gasteiger partial charge on any atom is 0.139 e. The number of carbonyl (C=O) groups excluding carboxylic acids is 1. The lowest BCUT2D eigenvalue weighted by Crippen LogP contribution is -2.56. The topological polar surface area (TPSA) is 70.4 Å². The number of benzene rings is 1. The van der Waals surface area contributed by atoms with Crippen LogP contribution in [0.4, 0.5) is 0 Å². The average molecular weight is 438 g/mol. The van der Waals surface area contributed by atoms with E-state index in [1.54, 1.807) is 23.5 Å². The van der Waals surface area contributed by atoms with Crippen molar-refractivity contribution in [1.29, 1.82) is 0 Å². The molecule has 2 N–H and O–H groups in total. The average Bonchev–Trinajstić information content (AvgIpc) is 3.29. The van der Waals surface area contributed by atoms with E-state index in [9.17, 15) is 15.0 Å². The summed E-state index contributed by atoms with van der Waals surface area (Å²) in [7, 11) is 0. The molecule has 0 unspecified atom stereocenters. The van der Waals surface area contributed by atoms with Crippen LogP contribution in [-0.2, 0) is 11.2 Å². The van der Waals surface area contributed by atoms with Crippen molar-refractivity contribution in [1.82, 2.24) is 4.98 Å². The highest BCUT2D eigenvalue weighted by molar-refractivity contribution is 7.15. The maximum atomic E-state index is 12.7. The minimum absolute atomic E-state index is 0.0604. The van der Waals surface area contributed by atoms with Crippen molar-refractivity contribution in [3.05, 3.63) is 34.8 Å². The third-order valence-corrected chi connectivity index (χ3v) is 10.8. The maximum absolute atomic E-state index is 12.7.